The van der Waals surface area contributed by atoms with E-state index < -0.39 is 0 Å². The van der Waals surface area contributed by atoms with Crippen LogP contribution in [0, 0.1) is 5.92 Å². The second-order valence-electron chi connectivity index (χ2n) is 10.0. The fraction of sp³-hybridized carbons (Fsp3) is 0.600. The first-order valence-corrected chi connectivity index (χ1v) is 16.2. The van der Waals surface area contributed by atoms with Crippen LogP contribution < -0.4 is 26.6 Å². The van der Waals surface area contributed by atoms with Crippen molar-refractivity contribution in [2.45, 2.75) is 107 Å². The number of rotatable bonds is 9. The van der Waals surface area contributed by atoms with Crippen LogP contribution >= 0.6 is 0 Å². The van der Waals surface area contributed by atoms with Gasteiger partial charge in [0, 0.05) is 32.0 Å². The van der Waals surface area contributed by atoms with Crippen molar-refractivity contribution in [3.05, 3.63) is 71.0 Å². The van der Waals surface area contributed by atoms with Crippen molar-refractivity contribution in [1.82, 2.24) is 26.6 Å². The molecule has 0 spiro atoms. The van der Waals surface area contributed by atoms with Crippen LogP contribution in [0.5, 0.6) is 0 Å². The average Bonchev–Trinajstić information content (AvgIpc) is 3.51. The van der Waals surface area contributed by atoms with E-state index in [1.165, 1.54) is 46.4 Å². The quantitative estimate of drug-likeness (QED) is 0.220. The van der Waals surface area contributed by atoms with Crippen molar-refractivity contribution in [2.24, 2.45) is 5.92 Å². The molecule has 4 rings (SSSR count). The Morgan fingerprint density at radius 2 is 1.75 bits per heavy atom. The maximum absolute atomic E-state index is 3.82. The summed E-state index contributed by atoms with van der Waals surface area (Å²) in [6.45, 7) is 24.9. The molecular formula is C35H63N5. The van der Waals surface area contributed by atoms with Gasteiger partial charge in [-0.05, 0) is 106 Å². The first kappa shape index (κ1) is 35.7. The lowest BCUT2D eigenvalue weighted by Gasteiger charge is -2.32. The summed E-state index contributed by atoms with van der Waals surface area (Å²) < 4.78 is 0. The summed E-state index contributed by atoms with van der Waals surface area (Å²) in [4.78, 5) is 0. The molecule has 5 nitrogen and oxygen atoms in total. The van der Waals surface area contributed by atoms with Gasteiger partial charge in [-0.3, -0.25) is 5.32 Å². The second-order valence-corrected chi connectivity index (χ2v) is 10.0. The van der Waals surface area contributed by atoms with Crippen LogP contribution in [0.3, 0.4) is 0 Å². The molecule has 1 fully saturated rings. The normalized spacial score (nSPS) is 20.7. The second kappa shape index (κ2) is 20.5. The average molecular weight is 554 g/mol. The highest BCUT2D eigenvalue weighted by molar-refractivity contribution is 5.74. The lowest BCUT2D eigenvalue weighted by molar-refractivity contribution is 0.303. The monoisotopic (exact) mass is 554 g/mol. The summed E-state index contributed by atoms with van der Waals surface area (Å²) in [5, 5.41) is 18.2. The Morgan fingerprint density at radius 3 is 2.38 bits per heavy atom. The Hall–Kier alpha value is -2.34. The number of nitrogens with one attached hydrogen (secondary N) is 5. The van der Waals surface area contributed by atoms with E-state index in [9.17, 15) is 0 Å². The van der Waals surface area contributed by atoms with Crippen molar-refractivity contribution in [3.63, 3.8) is 0 Å². The van der Waals surface area contributed by atoms with Gasteiger partial charge in [0.1, 0.15) is 6.17 Å². The number of allylic oxidation sites excluding steroid dienone is 3. The Kier molecular flexibility index (Phi) is 18.3. The minimum absolute atomic E-state index is 0. The Balaban J connectivity index is 0.00000215. The number of piperidine rings is 1. The molecule has 2 atom stereocenters. The van der Waals surface area contributed by atoms with Gasteiger partial charge in [-0.15, -0.1) is 0 Å². The van der Waals surface area contributed by atoms with Gasteiger partial charge < -0.3 is 21.3 Å². The van der Waals surface area contributed by atoms with Crippen LogP contribution in [0.4, 0.5) is 0 Å². The highest BCUT2D eigenvalue weighted by Gasteiger charge is 2.31. The summed E-state index contributed by atoms with van der Waals surface area (Å²) in [6, 6.07) is 9.84. The third-order valence-corrected chi connectivity index (χ3v) is 7.23. The van der Waals surface area contributed by atoms with E-state index in [0.717, 1.165) is 38.5 Å². The van der Waals surface area contributed by atoms with Crippen molar-refractivity contribution in [1.29, 1.82) is 0 Å². The van der Waals surface area contributed by atoms with Gasteiger partial charge >= 0.3 is 0 Å². The van der Waals surface area contributed by atoms with Crippen LogP contribution in [0.25, 0.3) is 11.3 Å². The van der Waals surface area contributed by atoms with E-state index in [1.807, 2.05) is 41.5 Å². The summed E-state index contributed by atoms with van der Waals surface area (Å²) in [6.07, 6.45) is 12.8. The maximum Gasteiger partial charge on any atom is 0.104 e. The van der Waals surface area contributed by atoms with Crippen molar-refractivity contribution in [2.75, 3.05) is 26.2 Å². The molecule has 1 aromatic carbocycles. The maximum atomic E-state index is 3.82. The summed E-state index contributed by atoms with van der Waals surface area (Å²) in [5.74, 6) is 0.764. The number of hydrogen-bond acceptors (Lipinski definition) is 5. The Labute approximate surface area is 248 Å². The van der Waals surface area contributed by atoms with E-state index >= 15 is 0 Å². The van der Waals surface area contributed by atoms with Gasteiger partial charge in [0.15, 0.2) is 0 Å². The molecule has 2 unspecified atom stereocenters. The Bertz CT molecular complexity index is 957. The molecule has 3 heterocycles. The minimum atomic E-state index is 0. The van der Waals surface area contributed by atoms with Gasteiger partial charge in [-0.2, -0.15) is 0 Å². The zero-order valence-corrected chi connectivity index (χ0v) is 27.4. The zero-order chi connectivity index (χ0) is 29.9. The van der Waals surface area contributed by atoms with E-state index in [2.05, 4.69) is 103 Å². The molecule has 0 amide bonds. The van der Waals surface area contributed by atoms with E-state index in [-0.39, 0.29) is 7.59 Å². The minimum Gasteiger partial charge on any atom is -0.387 e. The lowest BCUT2D eigenvalue weighted by atomic mass is 9.86. The molecule has 0 aliphatic carbocycles. The highest BCUT2D eigenvalue weighted by atomic mass is 15.1. The standard InChI is InChI=1S/C29H43N5.3C2H6.H2/c1-5-21(18-30-6-2)23-8-7-9-24(16-23)27-11-10-26(29(34-27)33-20(3)4)25-17-28(32-19-25)22-12-14-31-15-13-22;3*1-2;/h5,7-11,16,19-20,22,28-34H,6,12-15,17-18H2,1-4H3;3*1-2H3;1H/b21-5+;;;;. The van der Waals surface area contributed by atoms with Crippen LogP contribution in [0.1, 0.15) is 101 Å². The van der Waals surface area contributed by atoms with E-state index in [4.69, 9.17) is 0 Å². The zero-order valence-electron chi connectivity index (χ0n) is 27.4. The topological polar surface area (TPSA) is 60.1 Å². The summed E-state index contributed by atoms with van der Waals surface area (Å²) >= 11 is 0. The molecule has 0 bridgehead atoms. The SMILES string of the molecule is C/C=C(\CNCC)c1cccc(C2=CC=C(C3=CNC(C4CCNCC4)C3)C(NC(C)C)N2)c1.CC.CC.CC.[HH]. The molecule has 1 aromatic rings. The third-order valence-electron chi connectivity index (χ3n) is 7.23. The van der Waals surface area contributed by atoms with Gasteiger partial charge in [-0.25, -0.2) is 0 Å². The lowest BCUT2D eigenvalue weighted by Crippen LogP contribution is -2.47. The molecule has 40 heavy (non-hydrogen) atoms. The van der Waals surface area contributed by atoms with Crippen molar-refractivity contribution >= 4 is 11.3 Å². The van der Waals surface area contributed by atoms with Gasteiger partial charge in [0.25, 0.3) is 0 Å². The fourth-order valence-corrected chi connectivity index (χ4v) is 5.32. The molecule has 1 saturated heterocycles. The number of dihydropyridines is 1. The molecule has 0 radical (unpaired) electrons. The summed E-state index contributed by atoms with van der Waals surface area (Å²) in [7, 11) is 0. The van der Waals surface area contributed by atoms with Crippen LogP contribution in [0.15, 0.2) is 59.8 Å². The van der Waals surface area contributed by atoms with Gasteiger partial charge in [0.2, 0.25) is 0 Å². The highest BCUT2D eigenvalue weighted by Crippen LogP contribution is 2.32. The van der Waals surface area contributed by atoms with Crippen LogP contribution in [-0.4, -0.2) is 44.4 Å². The first-order valence-electron chi connectivity index (χ1n) is 16.2. The molecular weight excluding hydrogens is 490 g/mol. The smallest absolute Gasteiger partial charge is 0.104 e. The first-order chi connectivity index (χ1) is 19.6. The molecule has 5 heteroatoms. The molecule has 0 aromatic heterocycles. The predicted molar refractivity (Wildman–Crippen MR) is 181 cm³/mol. The third kappa shape index (κ3) is 10.6. The van der Waals surface area contributed by atoms with Crippen LogP contribution in [-0.2, 0) is 0 Å². The number of hydrogen-bond donors (Lipinski definition) is 5. The predicted octanol–water partition coefficient (Wildman–Crippen LogP) is 7.46. The van der Waals surface area contributed by atoms with Gasteiger partial charge in [-0.1, -0.05) is 78.8 Å². The number of likely N-dealkylation sites (N-methyl/N-ethyl adjacent to an activating group) is 1. The fourth-order valence-electron chi connectivity index (χ4n) is 5.32. The van der Waals surface area contributed by atoms with Crippen molar-refractivity contribution < 1.29 is 1.43 Å². The van der Waals surface area contributed by atoms with E-state index in [0.29, 0.717) is 12.1 Å². The number of benzene rings is 1. The van der Waals surface area contributed by atoms with E-state index in [1.54, 1.807) is 0 Å². The molecule has 5 N–H and O–H groups in total. The van der Waals surface area contributed by atoms with Crippen molar-refractivity contribution in [3.8, 4) is 0 Å². The molecule has 0 saturated carbocycles. The Morgan fingerprint density at radius 1 is 1.05 bits per heavy atom. The van der Waals surface area contributed by atoms with Gasteiger partial charge in [0.05, 0.1) is 0 Å². The summed E-state index contributed by atoms with van der Waals surface area (Å²) in [5.41, 5.74) is 7.80. The molecule has 3 aliphatic rings. The largest absolute Gasteiger partial charge is 0.387 e. The van der Waals surface area contributed by atoms with Crippen LogP contribution in [0.2, 0.25) is 0 Å². The molecule has 228 valence electrons. The molecule has 3 aliphatic heterocycles.